The van der Waals surface area contributed by atoms with Gasteiger partial charge in [0, 0.05) is 17.0 Å². The van der Waals surface area contributed by atoms with Crippen LogP contribution in [0.4, 0.5) is 17.6 Å². The summed E-state index contributed by atoms with van der Waals surface area (Å²) in [7, 11) is 0. The Morgan fingerprint density at radius 1 is 1.00 bits per heavy atom. The van der Waals surface area contributed by atoms with Gasteiger partial charge in [-0.25, -0.2) is 4.39 Å². The van der Waals surface area contributed by atoms with Gasteiger partial charge in [-0.1, -0.05) is 29.4 Å². The minimum absolute atomic E-state index is 0.118. The molecule has 0 amide bonds. The van der Waals surface area contributed by atoms with E-state index >= 15 is 0 Å². The Bertz CT molecular complexity index is 832. The second-order valence-corrected chi connectivity index (χ2v) is 5.96. The summed E-state index contributed by atoms with van der Waals surface area (Å²) in [6.45, 7) is 0.516. The highest BCUT2D eigenvalue weighted by atomic mass is 32.2. The Kier molecular flexibility index (Phi) is 5.05. The van der Waals surface area contributed by atoms with Crippen LogP contribution in [0.5, 0.6) is 0 Å². The quantitative estimate of drug-likeness (QED) is 0.522. The molecule has 2 aromatic carbocycles. The molecule has 25 heavy (non-hydrogen) atoms. The number of halogens is 4. The van der Waals surface area contributed by atoms with Gasteiger partial charge in [0.25, 0.3) is 0 Å². The smallest absolute Gasteiger partial charge is 0.329 e. The molecule has 1 aromatic heterocycles. The van der Waals surface area contributed by atoms with E-state index in [1.54, 1.807) is 36.4 Å². The molecule has 4 nitrogen and oxygen atoms in total. The Balaban J connectivity index is 1.58. The summed E-state index contributed by atoms with van der Waals surface area (Å²) in [5, 5.41) is 3.34. The molecule has 0 unspecified atom stereocenters. The van der Waals surface area contributed by atoms with Crippen LogP contribution in [0, 0.1) is 5.82 Å². The molecule has 0 atom stereocenters. The maximum atomic E-state index is 12.8. The van der Waals surface area contributed by atoms with E-state index in [1.807, 2.05) is 0 Å². The SMILES string of the molecule is Fc1ccc(SNCc2ccc(-c3noc(C(F)(F)F)n3)cc2)cc1. The topological polar surface area (TPSA) is 51.0 Å². The lowest BCUT2D eigenvalue weighted by Gasteiger charge is -2.05. The molecule has 0 aliphatic heterocycles. The highest BCUT2D eigenvalue weighted by molar-refractivity contribution is 7.97. The Morgan fingerprint density at radius 2 is 1.68 bits per heavy atom. The van der Waals surface area contributed by atoms with E-state index in [1.165, 1.54) is 24.1 Å². The largest absolute Gasteiger partial charge is 0.471 e. The minimum Gasteiger partial charge on any atom is -0.329 e. The van der Waals surface area contributed by atoms with Crippen molar-refractivity contribution in [3.63, 3.8) is 0 Å². The summed E-state index contributed by atoms with van der Waals surface area (Å²) in [5.41, 5.74) is 1.34. The molecule has 0 aliphatic carbocycles. The highest BCUT2D eigenvalue weighted by Gasteiger charge is 2.38. The monoisotopic (exact) mass is 369 g/mol. The van der Waals surface area contributed by atoms with Crippen LogP contribution in [-0.2, 0) is 12.7 Å². The van der Waals surface area contributed by atoms with Crippen molar-refractivity contribution >= 4 is 11.9 Å². The van der Waals surface area contributed by atoms with E-state index in [9.17, 15) is 17.6 Å². The number of nitrogens with one attached hydrogen (secondary N) is 1. The van der Waals surface area contributed by atoms with Gasteiger partial charge in [-0.3, -0.25) is 4.72 Å². The molecule has 0 fully saturated rings. The van der Waals surface area contributed by atoms with Gasteiger partial charge in [-0.15, -0.1) is 0 Å². The Morgan fingerprint density at radius 3 is 2.28 bits per heavy atom. The average Bonchev–Trinajstić information content (AvgIpc) is 3.08. The molecule has 0 radical (unpaired) electrons. The summed E-state index contributed by atoms with van der Waals surface area (Å²) in [6.07, 6.45) is -4.66. The van der Waals surface area contributed by atoms with Gasteiger partial charge in [-0.2, -0.15) is 18.2 Å². The predicted octanol–water partition coefficient (Wildman–Crippen LogP) is 4.69. The third-order valence-corrected chi connectivity index (χ3v) is 3.96. The summed E-state index contributed by atoms with van der Waals surface area (Å²) < 4.78 is 57.5. The molecule has 1 N–H and O–H groups in total. The molecule has 3 aromatic rings. The van der Waals surface area contributed by atoms with Crippen molar-refractivity contribution in [3.8, 4) is 11.4 Å². The first-order valence-electron chi connectivity index (χ1n) is 7.07. The molecule has 0 bridgehead atoms. The first-order chi connectivity index (χ1) is 11.9. The molecular weight excluding hydrogens is 358 g/mol. The fraction of sp³-hybridized carbons (Fsp3) is 0.125. The fourth-order valence-corrected chi connectivity index (χ4v) is 2.61. The van der Waals surface area contributed by atoms with E-state index in [4.69, 9.17) is 0 Å². The second kappa shape index (κ2) is 7.24. The summed E-state index contributed by atoms with van der Waals surface area (Å²) in [4.78, 5) is 4.20. The van der Waals surface area contributed by atoms with E-state index in [0.29, 0.717) is 12.1 Å². The van der Waals surface area contributed by atoms with Crippen LogP contribution in [0.15, 0.2) is 57.9 Å². The van der Waals surface area contributed by atoms with Gasteiger partial charge in [0.1, 0.15) is 5.82 Å². The fourth-order valence-electron chi connectivity index (χ4n) is 1.93. The number of benzene rings is 2. The van der Waals surface area contributed by atoms with Gasteiger partial charge in [0.05, 0.1) is 0 Å². The lowest BCUT2D eigenvalue weighted by atomic mass is 10.1. The van der Waals surface area contributed by atoms with Gasteiger partial charge >= 0.3 is 12.1 Å². The van der Waals surface area contributed by atoms with Crippen LogP contribution in [0.2, 0.25) is 0 Å². The van der Waals surface area contributed by atoms with E-state index < -0.39 is 12.1 Å². The van der Waals surface area contributed by atoms with Crippen LogP contribution < -0.4 is 4.72 Å². The van der Waals surface area contributed by atoms with Gasteiger partial charge in [-0.05, 0) is 41.8 Å². The van der Waals surface area contributed by atoms with Crippen molar-refractivity contribution in [1.29, 1.82) is 0 Å². The maximum Gasteiger partial charge on any atom is 0.471 e. The van der Waals surface area contributed by atoms with E-state index in [2.05, 4.69) is 19.4 Å². The summed E-state index contributed by atoms with van der Waals surface area (Å²) in [5.74, 6) is -1.79. The molecule has 3 rings (SSSR count). The van der Waals surface area contributed by atoms with Crippen molar-refractivity contribution in [1.82, 2.24) is 14.9 Å². The number of nitrogens with zero attached hydrogens (tertiary/aromatic N) is 2. The predicted molar refractivity (Wildman–Crippen MR) is 83.8 cm³/mol. The molecule has 9 heteroatoms. The molecular formula is C16H11F4N3OS. The van der Waals surface area contributed by atoms with Crippen LogP contribution in [0.3, 0.4) is 0 Å². The van der Waals surface area contributed by atoms with Crippen molar-refractivity contribution in [2.75, 3.05) is 0 Å². The van der Waals surface area contributed by atoms with Crippen molar-refractivity contribution in [2.24, 2.45) is 0 Å². The Labute approximate surface area is 144 Å². The average molecular weight is 369 g/mol. The number of rotatable bonds is 5. The molecule has 130 valence electrons. The zero-order valence-corrected chi connectivity index (χ0v) is 13.4. The second-order valence-electron chi connectivity index (χ2n) is 4.99. The van der Waals surface area contributed by atoms with E-state index in [0.717, 1.165) is 10.5 Å². The number of hydrogen-bond donors (Lipinski definition) is 1. The zero-order chi connectivity index (χ0) is 17.9. The van der Waals surface area contributed by atoms with Crippen LogP contribution >= 0.6 is 11.9 Å². The lowest BCUT2D eigenvalue weighted by molar-refractivity contribution is -0.159. The molecule has 0 saturated heterocycles. The Hall–Kier alpha value is -2.39. The summed E-state index contributed by atoms with van der Waals surface area (Å²) in [6, 6.07) is 12.8. The van der Waals surface area contributed by atoms with Crippen molar-refractivity contribution in [3.05, 3.63) is 65.8 Å². The van der Waals surface area contributed by atoms with Crippen LogP contribution in [-0.4, -0.2) is 10.1 Å². The number of alkyl halides is 3. The molecule has 0 aliphatic rings. The standard InChI is InChI=1S/C16H11F4N3OS/c17-12-5-7-13(8-6-12)25-21-9-10-1-3-11(4-2-10)14-22-15(24-23-14)16(18,19)20/h1-8,21H,9H2. The van der Waals surface area contributed by atoms with Crippen molar-refractivity contribution < 1.29 is 22.1 Å². The minimum atomic E-state index is -4.66. The molecule has 0 saturated carbocycles. The van der Waals surface area contributed by atoms with Gasteiger partial charge in [0.15, 0.2) is 0 Å². The van der Waals surface area contributed by atoms with Crippen LogP contribution in [0.25, 0.3) is 11.4 Å². The van der Waals surface area contributed by atoms with Crippen LogP contribution in [0.1, 0.15) is 11.5 Å². The molecule has 1 heterocycles. The van der Waals surface area contributed by atoms with Crippen molar-refractivity contribution in [2.45, 2.75) is 17.6 Å². The number of hydrogen-bond acceptors (Lipinski definition) is 5. The van der Waals surface area contributed by atoms with E-state index in [-0.39, 0.29) is 11.6 Å². The zero-order valence-electron chi connectivity index (χ0n) is 12.5. The van der Waals surface area contributed by atoms with Gasteiger partial charge in [0.2, 0.25) is 5.82 Å². The normalized spacial score (nSPS) is 11.7. The first kappa shape index (κ1) is 17.4. The maximum absolute atomic E-state index is 12.8. The lowest BCUT2D eigenvalue weighted by Crippen LogP contribution is -2.04. The van der Waals surface area contributed by atoms with Gasteiger partial charge < -0.3 is 4.52 Å². The molecule has 0 spiro atoms. The highest BCUT2D eigenvalue weighted by Crippen LogP contribution is 2.29. The third kappa shape index (κ3) is 4.58. The third-order valence-electron chi connectivity index (χ3n) is 3.16. The number of aromatic nitrogens is 2. The first-order valence-corrected chi connectivity index (χ1v) is 7.89. The summed E-state index contributed by atoms with van der Waals surface area (Å²) >= 11 is 1.35.